The van der Waals surface area contributed by atoms with Crippen LogP contribution in [0.15, 0.2) is 42.5 Å². The lowest BCUT2D eigenvalue weighted by atomic mass is 9.99. The summed E-state index contributed by atoms with van der Waals surface area (Å²) in [5.74, 6) is 1.05. The highest BCUT2D eigenvalue weighted by atomic mass is 15.4. The normalized spacial score (nSPS) is 13.7. The van der Waals surface area contributed by atoms with Crippen LogP contribution < -0.4 is 16.1 Å². The van der Waals surface area contributed by atoms with E-state index in [9.17, 15) is 0 Å². The molecule has 0 radical (unpaired) electrons. The molecule has 6 heteroatoms. The van der Waals surface area contributed by atoms with Gasteiger partial charge in [0.1, 0.15) is 5.84 Å². The van der Waals surface area contributed by atoms with Gasteiger partial charge in [-0.2, -0.15) is 4.68 Å². The van der Waals surface area contributed by atoms with Crippen LogP contribution in [0.3, 0.4) is 0 Å². The zero-order valence-electron chi connectivity index (χ0n) is 14.1. The Kier molecular flexibility index (Phi) is 3.53. The summed E-state index contributed by atoms with van der Waals surface area (Å²) in [6, 6.07) is 13.9. The minimum atomic E-state index is 0.235. The van der Waals surface area contributed by atoms with Crippen molar-refractivity contribution < 1.29 is 0 Å². The summed E-state index contributed by atoms with van der Waals surface area (Å²) in [6.07, 6.45) is 0.928. The summed E-state index contributed by atoms with van der Waals surface area (Å²) in [5, 5.41) is 22.7. The number of nitrogens with zero attached hydrogens (tertiary/aromatic N) is 3. The number of fused-ring (bicyclic) bond motifs is 2. The fraction of sp³-hybridized carbons (Fsp3) is 0.211. The van der Waals surface area contributed by atoms with Crippen LogP contribution in [-0.4, -0.2) is 22.2 Å². The quantitative estimate of drug-likeness (QED) is 0.363. The standard InChI is InChI=1S/C19H20N6/c1-12(20)25-18(22)16-4-2-3-5-17(16)19(23-25)24-9-8-13-6-7-15(21)10-14(13)11-24/h2-7,10,20,22H,8-9,11,21H2,1H3. The van der Waals surface area contributed by atoms with Crippen LogP contribution in [0.1, 0.15) is 18.1 Å². The maximum atomic E-state index is 8.35. The molecule has 0 fully saturated rings. The Hall–Kier alpha value is -3.15. The van der Waals surface area contributed by atoms with Crippen molar-refractivity contribution in [1.29, 1.82) is 10.8 Å². The first-order valence-electron chi connectivity index (χ1n) is 8.29. The van der Waals surface area contributed by atoms with E-state index in [2.05, 4.69) is 16.1 Å². The molecule has 1 aliphatic rings. The van der Waals surface area contributed by atoms with Crippen molar-refractivity contribution in [2.75, 3.05) is 17.2 Å². The van der Waals surface area contributed by atoms with Crippen molar-refractivity contribution in [2.45, 2.75) is 19.9 Å². The number of nitrogens with one attached hydrogen (secondary N) is 2. The summed E-state index contributed by atoms with van der Waals surface area (Å²) in [5.41, 5.74) is 9.50. The van der Waals surface area contributed by atoms with Gasteiger partial charge < -0.3 is 10.6 Å². The van der Waals surface area contributed by atoms with Gasteiger partial charge in [0, 0.05) is 29.5 Å². The molecule has 0 aliphatic carbocycles. The van der Waals surface area contributed by atoms with Gasteiger partial charge in [-0.1, -0.05) is 30.3 Å². The molecule has 0 amide bonds. The fourth-order valence-electron chi connectivity index (χ4n) is 3.43. The highest BCUT2D eigenvalue weighted by molar-refractivity contribution is 5.93. The molecule has 2 aromatic carbocycles. The third-order valence-electron chi connectivity index (χ3n) is 4.69. The summed E-state index contributed by atoms with van der Waals surface area (Å²) < 4.78 is 1.40. The Bertz CT molecular complexity index is 1050. The van der Waals surface area contributed by atoms with Crippen LogP contribution in [0.5, 0.6) is 0 Å². The fourth-order valence-corrected chi connectivity index (χ4v) is 3.43. The maximum absolute atomic E-state index is 8.35. The van der Waals surface area contributed by atoms with E-state index in [4.69, 9.17) is 16.6 Å². The minimum Gasteiger partial charge on any atom is -0.399 e. The lowest BCUT2D eigenvalue weighted by Gasteiger charge is -2.31. The molecule has 0 saturated heterocycles. The smallest absolute Gasteiger partial charge is 0.157 e. The SMILES string of the molecule is CC(=N)n1nc(N2CCc3ccc(N)cc3C2)c2ccccc2c1=N. The lowest BCUT2D eigenvalue weighted by Crippen LogP contribution is -2.35. The molecule has 1 aromatic heterocycles. The lowest BCUT2D eigenvalue weighted by molar-refractivity contribution is 0.701. The van der Waals surface area contributed by atoms with Gasteiger partial charge in [-0.3, -0.25) is 10.8 Å². The first-order chi connectivity index (χ1) is 12.0. The predicted octanol–water partition coefficient (Wildman–Crippen LogP) is 2.51. The summed E-state index contributed by atoms with van der Waals surface area (Å²) in [6.45, 7) is 3.23. The number of hydrogen-bond donors (Lipinski definition) is 3. The second-order valence-electron chi connectivity index (χ2n) is 6.41. The molecule has 25 heavy (non-hydrogen) atoms. The molecule has 3 aromatic rings. The van der Waals surface area contributed by atoms with Gasteiger partial charge in [-0.15, -0.1) is 5.10 Å². The monoisotopic (exact) mass is 332 g/mol. The Morgan fingerprint density at radius 2 is 1.88 bits per heavy atom. The van der Waals surface area contributed by atoms with Crippen molar-refractivity contribution in [3.63, 3.8) is 0 Å². The third kappa shape index (κ3) is 2.55. The Labute approximate surface area is 145 Å². The highest BCUT2D eigenvalue weighted by Crippen LogP contribution is 2.28. The minimum absolute atomic E-state index is 0.235. The molecule has 0 spiro atoms. The number of benzene rings is 2. The molecule has 4 N–H and O–H groups in total. The van der Waals surface area contributed by atoms with E-state index >= 15 is 0 Å². The van der Waals surface area contributed by atoms with Gasteiger partial charge in [0.15, 0.2) is 11.3 Å². The molecule has 126 valence electrons. The number of hydrogen-bond acceptors (Lipinski definition) is 5. The van der Waals surface area contributed by atoms with Crippen molar-refractivity contribution in [3.05, 3.63) is 59.1 Å². The first kappa shape index (κ1) is 15.4. The maximum Gasteiger partial charge on any atom is 0.157 e. The molecule has 1 aliphatic heterocycles. The third-order valence-corrected chi connectivity index (χ3v) is 4.69. The Morgan fingerprint density at radius 1 is 1.12 bits per heavy atom. The van der Waals surface area contributed by atoms with Gasteiger partial charge in [0.05, 0.1) is 0 Å². The highest BCUT2D eigenvalue weighted by Gasteiger charge is 2.21. The summed E-state index contributed by atoms with van der Waals surface area (Å²) in [7, 11) is 0. The molecule has 0 unspecified atom stereocenters. The van der Waals surface area contributed by atoms with E-state index in [1.807, 2.05) is 36.4 Å². The van der Waals surface area contributed by atoms with Crippen molar-refractivity contribution in [2.24, 2.45) is 0 Å². The number of anilines is 2. The van der Waals surface area contributed by atoms with Crippen LogP contribution >= 0.6 is 0 Å². The second kappa shape index (κ2) is 5.73. The number of rotatable bonds is 1. The van der Waals surface area contributed by atoms with Crippen molar-refractivity contribution >= 4 is 28.1 Å². The van der Waals surface area contributed by atoms with Crippen LogP contribution in [0.2, 0.25) is 0 Å². The average Bonchev–Trinajstić information content (AvgIpc) is 2.61. The van der Waals surface area contributed by atoms with E-state index < -0.39 is 0 Å². The van der Waals surface area contributed by atoms with Gasteiger partial charge in [-0.05, 0) is 36.6 Å². The second-order valence-corrected chi connectivity index (χ2v) is 6.41. The van der Waals surface area contributed by atoms with E-state index in [0.29, 0.717) is 0 Å². The molecule has 0 atom stereocenters. The van der Waals surface area contributed by atoms with Crippen LogP contribution in [-0.2, 0) is 13.0 Å². The van der Waals surface area contributed by atoms with E-state index in [1.54, 1.807) is 6.92 Å². The zero-order chi connectivity index (χ0) is 17.6. The molecule has 6 nitrogen and oxygen atoms in total. The average molecular weight is 332 g/mol. The topological polar surface area (TPSA) is 94.8 Å². The summed E-state index contributed by atoms with van der Waals surface area (Å²) in [4.78, 5) is 2.21. The van der Waals surface area contributed by atoms with Gasteiger partial charge in [0.2, 0.25) is 0 Å². The zero-order valence-corrected chi connectivity index (χ0v) is 14.1. The van der Waals surface area contributed by atoms with Gasteiger partial charge >= 0.3 is 0 Å². The molecular formula is C19H20N6. The van der Waals surface area contributed by atoms with Gasteiger partial charge in [0.25, 0.3) is 0 Å². The number of nitrogens with two attached hydrogens (primary N) is 1. The molecule has 2 heterocycles. The van der Waals surface area contributed by atoms with Crippen LogP contribution in [0.25, 0.3) is 10.8 Å². The largest absolute Gasteiger partial charge is 0.399 e. The van der Waals surface area contributed by atoms with Crippen molar-refractivity contribution in [3.8, 4) is 0 Å². The van der Waals surface area contributed by atoms with Crippen molar-refractivity contribution in [1.82, 2.24) is 9.78 Å². The summed E-state index contributed by atoms with van der Waals surface area (Å²) >= 11 is 0. The number of aromatic nitrogens is 2. The van der Waals surface area contributed by atoms with E-state index in [-0.39, 0.29) is 11.3 Å². The van der Waals surface area contributed by atoms with Crippen LogP contribution in [0.4, 0.5) is 11.5 Å². The molecular weight excluding hydrogens is 312 g/mol. The van der Waals surface area contributed by atoms with Crippen LogP contribution in [0, 0.1) is 10.8 Å². The predicted molar refractivity (Wildman–Crippen MR) is 100.0 cm³/mol. The number of nitrogen functional groups attached to an aromatic ring is 1. The molecule has 0 saturated carbocycles. The Balaban J connectivity index is 1.88. The van der Waals surface area contributed by atoms with Gasteiger partial charge in [-0.25, -0.2) is 0 Å². The van der Waals surface area contributed by atoms with E-state index in [0.717, 1.165) is 41.8 Å². The first-order valence-corrected chi connectivity index (χ1v) is 8.29. The Morgan fingerprint density at radius 3 is 2.64 bits per heavy atom. The molecule has 0 bridgehead atoms. The van der Waals surface area contributed by atoms with E-state index in [1.165, 1.54) is 15.8 Å². The molecule has 4 rings (SSSR count).